The first kappa shape index (κ1) is 13.2. The van der Waals surface area contributed by atoms with Crippen molar-refractivity contribution < 1.29 is 0 Å². The van der Waals surface area contributed by atoms with Crippen molar-refractivity contribution in [2.24, 2.45) is 0 Å². The van der Waals surface area contributed by atoms with Gasteiger partial charge < -0.3 is 0 Å². The van der Waals surface area contributed by atoms with Crippen LogP contribution < -0.4 is 11.2 Å². The van der Waals surface area contributed by atoms with Gasteiger partial charge in [0, 0.05) is 34.9 Å². The van der Waals surface area contributed by atoms with Crippen LogP contribution in [0.2, 0.25) is 0 Å². The third-order valence-corrected chi connectivity index (χ3v) is 4.93. The Morgan fingerprint density at radius 2 is 2.15 bits per heavy atom. The fourth-order valence-corrected chi connectivity index (χ4v) is 3.80. The Morgan fingerprint density at radius 3 is 2.95 bits per heavy atom. The highest BCUT2D eigenvalue weighted by Gasteiger charge is 2.23. The molecule has 1 aromatic heterocycles. The van der Waals surface area contributed by atoms with Crippen LogP contribution in [0.15, 0.2) is 44.9 Å². The van der Waals surface area contributed by atoms with E-state index in [4.69, 9.17) is 0 Å². The number of aryl methyl sites for hydroxylation is 1. The number of thioether (sulfide) groups is 1. The summed E-state index contributed by atoms with van der Waals surface area (Å²) in [6.45, 7) is 2.53. The minimum absolute atomic E-state index is 0.269. The number of aromatic amines is 1. The minimum atomic E-state index is -0.318. The largest absolute Gasteiger partial charge is 0.328 e. The van der Waals surface area contributed by atoms with Crippen molar-refractivity contribution in [2.75, 3.05) is 5.75 Å². The Bertz CT molecular complexity index is 748. The smallest absolute Gasteiger partial charge is 0.300 e. The van der Waals surface area contributed by atoms with E-state index in [2.05, 4.69) is 17.1 Å². The molecule has 0 fully saturated rings. The second kappa shape index (κ2) is 5.32. The van der Waals surface area contributed by atoms with Crippen LogP contribution in [0.3, 0.4) is 0 Å². The lowest BCUT2D eigenvalue weighted by Gasteiger charge is -2.13. The highest BCUT2D eigenvalue weighted by atomic mass is 32.2. The van der Waals surface area contributed by atoms with Crippen molar-refractivity contribution in [3.05, 3.63) is 62.4 Å². The van der Waals surface area contributed by atoms with Gasteiger partial charge in [-0.1, -0.05) is 25.1 Å². The molecule has 20 heavy (non-hydrogen) atoms. The third-order valence-electron chi connectivity index (χ3n) is 3.68. The van der Waals surface area contributed by atoms with Gasteiger partial charge in [-0.05, 0) is 18.1 Å². The monoisotopic (exact) mass is 288 g/mol. The number of hydrogen-bond acceptors (Lipinski definition) is 3. The van der Waals surface area contributed by atoms with Crippen LogP contribution in [0.5, 0.6) is 0 Å². The Kier molecular flexibility index (Phi) is 3.53. The second-order valence-corrected chi connectivity index (χ2v) is 6.03. The molecule has 4 nitrogen and oxygen atoms in total. The van der Waals surface area contributed by atoms with E-state index >= 15 is 0 Å². The normalized spacial score (nSPS) is 17.1. The summed E-state index contributed by atoms with van der Waals surface area (Å²) in [5, 5.41) is 0. The zero-order valence-corrected chi connectivity index (χ0v) is 12.1. The molecule has 0 aliphatic carbocycles. The van der Waals surface area contributed by atoms with E-state index in [1.807, 2.05) is 30.8 Å². The maximum atomic E-state index is 11.9. The number of fused-ring (bicyclic) bond motifs is 1. The molecule has 5 heteroatoms. The van der Waals surface area contributed by atoms with Crippen LogP contribution in [0.4, 0.5) is 0 Å². The van der Waals surface area contributed by atoms with Gasteiger partial charge >= 0.3 is 5.69 Å². The number of H-pyrrole nitrogens is 1. The lowest BCUT2D eigenvalue weighted by molar-refractivity contribution is 0.569. The Balaban J connectivity index is 1.93. The van der Waals surface area contributed by atoms with Crippen LogP contribution in [0.25, 0.3) is 0 Å². The maximum absolute atomic E-state index is 11.9. The van der Waals surface area contributed by atoms with Crippen molar-refractivity contribution in [3.63, 3.8) is 0 Å². The predicted molar refractivity (Wildman–Crippen MR) is 80.6 cm³/mol. The second-order valence-electron chi connectivity index (χ2n) is 4.97. The zero-order valence-electron chi connectivity index (χ0n) is 11.3. The highest BCUT2D eigenvalue weighted by molar-refractivity contribution is 7.99. The molecule has 1 N–H and O–H groups in total. The number of benzene rings is 1. The molecule has 0 amide bonds. The number of aromatic nitrogens is 2. The molecule has 104 valence electrons. The molecular weight excluding hydrogens is 272 g/mol. The molecule has 0 saturated heterocycles. The van der Waals surface area contributed by atoms with Gasteiger partial charge in [-0.15, -0.1) is 11.8 Å². The van der Waals surface area contributed by atoms with Crippen molar-refractivity contribution in [3.8, 4) is 0 Å². The summed E-state index contributed by atoms with van der Waals surface area (Å²) in [6.07, 6.45) is 2.33. The van der Waals surface area contributed by atoms with Gasteiger partial charge in [0.15, 0.2) is 0 Å². The molecule has 2 aromatic rings. The minimum Gasteiger partial charge on any atom is -0.300 e. The van der Waals surface area contributed by atoms with Crippen molar-refractivity contribution in [1.82, 2.24) is 9.55 Å². The molecule has 1 unspecified atom stereocenters. The highest BCUT2D eigenvalue weighted by Crippen LogP contribution is 2.39. The van der Waals surface area contributed by atoms with E-state index in [0.717, 1.165) is 5.75 Å². The molecule has 0 radical (unpaired) electrons. The summed E-state index contributed by atoms with van der Waals surface area (Å²) in [5.74, 6) is 1.30. The van der Waals surface area contributed by atoms with E-state index in [1.54, 1.807) is 10.8 Å². The zero-order chi connectivity index (χ0) is 14.1. The molecule has 1 aliphatic heterocycles. The number of hydrogen-bond donors (Lipinski definition) is 1. The van der Waals surface area contributed by atoms with E-state index in [0.29, 0.717) is 24.4 Å². The van der Waals surface area contributed by atoms with Crippen LogP contribution in [0, 0.1) is 0 Å². The lowest BCUT2D eigenvalue weighted by atomic mass is 10.0. The quantitative estimate of drug-likeness (QED) is 0.939. The van der Waals surface area contributed by atoms with Crippen LogP contribution in [-0.2, 0) is 13.0 Å². The van der Waals surface area contributed by atoms with Crippen LogP contribution >= 0.6 is 11.8 Å². The lowest BCUT2D eigenvalue weighted by Crippen LogP contribution is -2.33. The van der Waals surface area contributed by atoms with Gasteiger partial charge in [0.2, 0.25) is 0 Å². The molecule has 0 spiro atoms. The van der Waals surface area contributed by atoms with Gasteiger partial charge in [0.05, 0.1) is 0 Å². The average Bonchev–Trinajstić information content (AvgIpc) is 2.85. The molecule has 2 heterocycles. The summed E-state index contributed by atoms with van der Waals surface area (Å²) < 4.78 is 1.63. The molecule has 1 aliphatic rings. The van der Waals surface area contributed by atoms with E-state index < -0.39 is 0 Å². The average molecular weight is 288 g/mol. The SMILES string of the molecule is CCc1cn(CC2CSc3ccccc32)c(=O)[nH]c1=O. The number of rotatable bonds is 3. The summed E-state index contributed by atoms with van der Waals surface area (Å²) in [5.41, 5.74) is 1.37. The molecule has 3 rings (SSSR count). The Morgan fingerprint density at radius 1 is 1.35 bits per heavy atom. The molecule has 0 saturated carbocycles. The summed E-state index contributed by atoms with van der Waals surface area (Å²) in [4.78, 5) is 27.2. The van der Waals surface area contributed by atoms with Crippen molar-refractivity contribution in [1.29, 1.82) is 0 Å². The standard InChI is InChI=1S/C15H16N2O2S/c1-2-10-7-17(15(19)16-14(10)18)8-11-9-20-13-6-4-3-5-12(11)13/h3-7,11H,2,8-9H2,1H3,(H,16,18,19). The molecule has 0 bridgehead atoms. The van der Waals surface area contributed by atoms with Crippen molar-refractivity contribution in [2.45, 2.75) is 30.7 Å². The number of nitrogens with one attached hydrogen (secondary N) is 1. The first-order valence-electron chi connectivity index (χ1n) is 6.73. The molecule has 1 atom stereocenters. The summed E-state index contributed by atoms with van der Waals surface area (Å²) in [6, 6.07) is 8.31. The van der Waals surface area contributed by atoms with Gasteiger partial charge in [-0.25, -0.2) is 4.79 Å². The summed E-state index contributed by atoms with van der Waals surface area (Å²) in [7, 11) is 0. The van der Waals surface area contributed by atoms with Gasteiger partial charge in [0.1, 0.15) is 0 Å². The van der Waals surface area contributed by atoms with Crippen LogP contribution in [0.1, 0.15) is 24.0 Å². The van der Waals surface area contributed by atoms with E-state index in [1.165, 1.54) is 10.5 Å². The first-order chi connectivity index (χ1) is 9.69. The summed E-state index contributed by atoms with van der Waals surface area (Å²) >= 11 is 1.83. The van der Waals surface area contributed by atoms with Crippen molar-refractivity contribution >= 4 is 11.8 Å². The fourth-order valence-electron chi connectivity index (χ4n) is 2.56. The van der Waals surface area contributed by atoms with Gasteiger partial charge in [-0.3, -0.25) is 14.3 Å². The van der Waals surface area contributed by atoms with E-state index in [9.17, 15) is 9.59 Å². The third kappa shape index (κ3) is 2.33. The fraction of sp³-hybridized carbons (Fsp3) is 0.333. The predicted octanol–water partition coefficient (Wildman–Crippen LogP) is 1.99. The maximum Gasteiger partial charge on any atom is 0.328 e. The van der Waals surface area contributed by atoms with E-state index in [-0.39, 0.29) is 11.2 Å². The number of nitrogens with zero attached hydrogens (tertiary/aromatic N) is 1. The van der Waals surface area contributed by atoms with Crippen LogP contribution in [-0.4, -0.2) is 15.3 Å². The molecular formula is C15H16N2O2S. The Hall–Kier alpha value is -1.75. The van der Waals surface area contributed by atoms with Gasteiger partial charge in [-0.2, -0.15) is 0 Å². The Labute approximate surface area is 120 Å². The first-order valence-corrected chi connectivity index (χ1v) is 7.72. The topological polar surface area (TPSA) is 54.9 Å². The van der Waals surface area contributed by atoms with Gasteiger partial charge in [0.25, 0.3) is 5.56 Å². The molecule has 1 aromatic carbocycles.